The molecule has 1 N–H and O–H groups in total. The fourth-order valence-electron chi connectivity index (χ4n) is 2.91. The van der Waals surface area contributed by atoms with Crippen molar-refractivity contribution in [2.75, 3.05) is 19.7 Å². The van der Waals surface area contributed by atoms with Crippen LogP contribution in [0, 0.1) is 11.3 Å². The molecule has 6 heteroatoms. The summed E-state index contributed by atoms with van der Waals surface area (Å²) in [5.74, 6) is -0.868. The van der Waals surface area contributed by atoms with Gasteiger partial charge < -0.3 is 10.1 Å². The Morgan fingerprint density at radius 3 is 2.47 bits per heavy atom. The Bertz CT molecular complexity index is 318. The van der Waals surface area contributed by atoms with Gasteiger partial charge in [0.15, 0.2) is 5.41 Å². The summed E-state index contributed by atoms with van der Waals surface area (Å²) in [6.07, 6.45) is 0.457. The molecule has 0 aromatic rings. The summed E-state index contributed by atoms with van der Waals surface area (Å²) in [6.45, 7) is -0.0191. The lowest BCUT2D eigenvalue weighted by Gasteiger charge is -2.29. The third kappa shape index (κ3) is 3.04. The van der Waals surface area contributed by atoms with Crippen LogP contribution in [-0.2, 0) is 9.53 Å². The second-order valence-electron chi connectivity index (χ2n) is 5.61. The summed E-state index contributed by atoms with van der Waals surface area (Å²) in [5.41, 5.74) is -2.33. The van der Waals surface area contributed by atoms with Gasteiger partial charge >= 0.3 is 12.1 Å². The van der Waals surface area contributed by atoms with Crippen LogP contribution < -0.4 is 5.32 Å². The minimum Gasteiger partial charge on any atom is -0.465 e. The number of ether oxygens (including phenoxy) is 1. The number of hydrogen-bond donors (Lipinski definition) is 1. The van der Waals surface area contributed by atoms with Gasteiger partial charge in [0.1, 0.15) is 0 Å². The first-order chi connectivity index (χ1) is 8.96. The smallest absolute Gasteiger partial charge is 0.406 e. The zero-order valence-electron chi connectivity index (χ0n) is 10.9. The second kappa shape index (κ2) is 5.69. The van der Waals surface area contributed by atoms with E-state index in [2.05, 4.69) is 5.32 Å². The second-order valence-corrected chi connectivity index (χ2v) is 5.61. The van der Waals surface area contributed by atoms with Crippen molar-refractivity contribution in [3.05, 3.63) is 0 Å². The van der Waals surface area contributed by atoms with Crippen LogP contribution in [0.5, 0.6) is 0 Å². The third-order valence-corrected chi connectivity index (χ3v) is 4.26. The normalized spacial score (nSPS) is 29.4. The number of alkyl halides is 3. The van der Waals surface area contributed by atoms with E-state index in [-0.39, 0.29) is 32.0 Å². The number of nitrogens with one attached hydrogen (secondary N) is 1. The van der Waals surface area contributed by atoms with E-state index in [4.69, 9.17) is 4.74 Å². The number of rotatable bonds is 3. The van der Waals surface area contributed by atoms with E-state index in [1.54, 1.807) is 0 Å². The Labute approximate surface area is 110 Å². The van der Waals surface area contributed by atoms with Gasteiger partial charge in [0.25, 0.3) is 0 Å². The lowest BCUT2D eigenvalue weighted by molar-refractivity contribution is -0.229. The molecule has 0 bridgehead atoms. The van der Waals surface area contributed by atoms with Crippen molar-refractivity contribution in [1.82, 2.24) is 5.32 Å². The molecule has 0 aromatic carbocycles. The number of carbonyl (C=O) groups excluding carboxylic acids is 1. The first kappa shape index (κ1) is 14.6. The van der Waals surface area contributed by atoms with Crippen molar-refractivity contribution >= 4 is 5.97 Å². The highest BCUT2D eigenvalue weighted by Gasteiger charge is 2.62. The maximum absolute atomic E-state index is 13.1. The molecular formula is C13H20F3NO2. The maximum atomic E-state index is 13.1. The fraction of sp³-hybridized carbons (Fsp3) is 0.923. The van der Waals surface area contributed by atoms with E-state index >= 15 is 0 Å². The first-order valence-electron chi connectivity index (χ1n) is 6.90. The van der Waals surface area contributed by atoms with Crippen LogP contribution in [0.25, 0.3) is 0 Å². The highest BCUT2D eigenvalue weighted by atomic mass is 19.4. The molecule has 2 aliphatic rings. The largest absolute Gasteiger partial charge is 0.465 e. The Morgan fingerprint density at radius 1 is 1.26 bits per heavy atom. The van der Waals surface area contributed by atoms with Crippen molar-refractivity contribution in [3.8, 4) is 0 Å². The lowest BCUT2D eigenvalue weighted by Crippen LogP contribution is -2.48. The Kier molecular flexibility index (Phi) is 4.38. The van der Waals surface area contributed by atoms with E-state index in [1.807, 2.05) is 0 Å². The van der Waals surface area contributed by atoms with Gasteiger partial charge in [-0.1, -0.05) is 19.3 Å². The molecule has 3 nitrogen and oxygen atoms in total. The molecule has 1 aliphatic carbocycles. The molecular weight excluding hydrogens is 259 g/mol. The van der Waals surface area contributed by atoms with Crippen LogP contribution in [0.4, 0.5) is 13.2 Å². The fourth-order valence-corrected chi connectivity index (χ4v) is 2.91. The van der Waals surface area contributed by atoms with Crippen molar-refractivity contribution in [1.29, 1.82) is 0 Å². The van der Waals surface area contributed by atoms with Crippen LogP contribution >= 0.6 is 0 Å². The van der Waals surface area contributed by atoms with Crippen molar-refractivity contribution in [2.45, 2.75) is 44.7 Å². The van der Waals surface area contributed by atoms with E-state index in [1.165, 1.54) is 6.42 Å². The van der Waals surface area contributed by atoms with E-state index in [0.717, 1.165) is 25.7 Å². The molecule has 1 atom stereocenters. The molecule has 1 unspecified atom stereocenters. The zero-order valence-corrected chi connectivity index (χ0v) is 10.9. The monoisotopic (exact) mass is 279 g/mol. The van der Waals surface area contributed by atoms with Crippen LogP contribution in [0.3, 0.4) is 0 Å². The van der Waals surface area contributed by atoms with Gasteiger partial charge in [0, 0.05) is 6.54 Å². The highest BCUT2D eigenvalue weighted by molar-refractivity contribution is 5.78. The molecule has 110 valence electrons. The molecule has 0 amide bonds. The van der Waals surface area contributed by atoms with Gasteiger partial charge in [-0.15, -0.1) is 0 Å². The number of esters is 1. The van der Waals surface area contributed by atoms with E-state index in [9.17, 15) is 18.0 Å². The summed E-state index contributed by atoms with van der Waals surface area (Å²) in [5, 5.41) is 2.62. The van der Waals surface area contributed by atoms with Crippen LogP contribution in [0.15, 0.2) is 0 Å². The van der Waals surface area contributed by atoms with Gasteiger partial charge in [-0.2, -0.15) is 13.2 Å². The average Bonchev–Trinajstić information content (AvgIpc) is 2.87. The van der Waals surface area contributed by atoms with Gasteiger partial charge in [0.05, 0.1) is 6.61 Å². The zero-order chi connectivity index (χ0) is 13.9. The van der Waals surface area contributed by atoms with E-state index in [0.29, 0.717) is 0 Å². The molecule has 1 aliphatic heterocycles. The van der Waals surface area contributed by atoms with Gasteiger partial charge in [0.2, 0.25) is 0 Å². The molecule has 0 radical (unpaired) electrons. The predicted molar refractivity (Wildman–Crippen MR) is 63.5 cm³/mol. The first-order valence-corrected chi connectivity index (χ1v) is 6.90. The molecule has 0 aromatic heterocycles. The summed E-state index contributed by atoms with van der Waals surface area (Å²) in [7, 11) is 0. The molecule has 2 rings (SSSR count). The molecule has 1 heterocycles. The minimum atomic E-state index is -4.54. The Balaban J connectivity index is 1.93. The van der Waals surface area contributed by atoms with Crippen LogP contribution in [0.2, 0.25) is 0 Å². The average molecular weight is 279 g/mol. The van der Waals surface area contributed by atoms with Gasteiger partial charge in [-0.3, -0.25) is 4.79 Å². The Morgan fingerprint density at radius 2 is 1.95 bits per heavy atom. The summed E-state index contributed by atoms with van der Waals surface area (Å²) in [6, 6.07) is 0. The third-order valence-electron chi connectivity index (χ3n) is 4.26. The number of carbonyl (C=O) groups is 1. The van der Waals surface area contributed by atoms with Gasteiger partial charge in [-0.25, -0.2) is 0 Å². The lowest BCUT2D eigenvalue weighted by atomic mass is 9.86. The van der Waals surface area contributed by atoms with Gasteiger partial charge in [-0.05, 0) is 31.7 Å². The van der Waals surface area contributed by atoms with Crippen molar-refractivity contribution < 1.29 is 22.7 Å². The predicted octanol–water partition coefficient (Wildman–Crippen LogP) is 2.65. The molecule has 0 spiro atoms. The minimum absolute atomic E-state index is 0.136. The molecule has 1 saturated heterocycles. The van der Waals surface area contributed by atoms with Crippen molar-refractivity contribution in [2.24, 2.45) is 11.3 Å². The number of hydrogen-bond acceptors (Lipinski definition) is 3. The molecule has 1 saturated carbocycles. The van der Waals surface area contributed by atoms with E-state index < -0.39 is 17.6 Å². The maximum Gasteiger partial charge on any atom is 0.406 e. The summed E-state index contributed by atoms with van der Waals surface area (Å²) >= 11 is 0. The summed E-state index contributed by atoms with van der Waals surface area (Å²) < 4.78 is 44.3. The van der Waals surface area contributed by atoms with Crippen molar-refractivity contribution in [3.63, 3.8) is 0 Å². The standard InChI is InChI=1S/C13H20F3NO2/c14-13(15,16)12(6-7-17-9-12)11(18)19-8-10-4-2-1-3-5-10/h10,17H,1-9H2. The number of halogens is 3. The van der Waals surface area contributed by atoms with Crippen LogP contribution in [0.1, 0.15) is 38.5 Å². The SMILES string of the molecule is O=C(OCC1CCCCC1)C1(C(F)(F)F)CCNC1. The molecule has 19 heavy (non-hydrogen) atoms. The summed E-state index contributed by atoms with van der Waals surface area (Å²) in [4.78, 5) is 11.9. The Hall–Kier alpha value is -0.780. The molecule has 2 fully saturated rings. The quantitative estimate of drug-likeness (QED) is 0.807. The topological polar surface area (TPSA) is 38.3 Å². The van der Waals surface area contributed by atoms with Crippen LogP contribution in [-0.4, -0.2) is 31.8 Å². The highest BCUT2D eigenvalue weighted by Crippen LogP contribution is 2.44.